The van der Waals surface area contributed by atoms with Crippen molar-refractivity contribution in [3.05, 3.63) is 41.5 Å². The summed E-state index contributed by atoms with van der Waals surface area (Å²) in [6.07, 6.45) is -16.4. The van der Waals surface area contributed by atoms with E-state index in [9.17, 15) is 35.7 Å². The van der Waals surface area contributed by atoms with Crippen LogP contribution in [0, 0.1) is 11.8 Å². The fourth-order valence-corrected chi connectivity index (χ4v) is 7.24. The van der Waals surface area contributed by atoms with Crippen LogP contribution in [0.3, 0.4) is 0 Å². The monoisotopic (exact) mass is 694 g/mol. The van der Waals surface area contributed by atoms with Crippen molar-refractivity contribution in [2.45, 2.75) is 73.6 Å². The summed E-state index contributed by atoms with van der Waals surface area (Å²) in [6.45, 7) is -0.259. The van der Waals surface area contributed by atoms with Gasteiger partial charge in [0.15, 0.2) is 29.3 Å². The Hall–Kier alpha value is -3.04. The number of hydrogen-bond acceptors (Lipinski definition) is 17. The highest BCUT2D eigenvalue weighted by Crippen LogP contribution is 2.54. The lowest BCUT2D eigenvalue weighted by Gasteiger charge is -2.42. The maximum Gasteiger partial charge on any atom is 0.231 e. The molecule has 7 N–H and O–H groups in total. The number of aliphatic hydroxyl groups is 7. The van der Waals surface area contributed by atoms with Gasteiger partial charge in [0.2, 0.25) is 19.9 Å². The first kappa shape index (κ1) is 33.1. The molecule has 2 aromatic carbocycles. The minimum absolute atomic E-state index is 0.0129. The molecule has 8 rings (SSSR count). The van der Waals surface area contributed by atoms with Gasteiger partial charge in [-0.2, -0.15) is 0 Å². The molecule has 0 saturated carbocycles. The maximum atomic E-state index is 10.9. The zero-order valence-electron chi connectivity index (χ0n) is 25.9. The number of hydrogen-bond donors (Lipinski definition) is 7. The van der Waals surface area contributed by atoms with Crippen molar-refractivity contribution in [3.63, 3.8) is 0 Å². The summed E-state index contributed by atoms with van der Waals surface area (Å²) >= 11 is 0. The minimum atomic E-state index is -1.74. The summed E-state index contributed by atoms with van der Waals surface area (Å²) in [6, 6.07) is 9.03. The highest BCUT2D eigenvalue weighted by atomic mass is 16.7. The van der Waals surface area contributed by atoms with Crippen LogP contribution in [0.2, 0.25) is 0 Å². The second-order valence-electron chi connectivity index (χ2n) is 12.9. The molecular formula is C32H38O17. The van der Waals surface area contributed by atoms with Gasteiger partial charge in [0.05, 0.1) is 38.6 Å². The van der Waals surface area contributed by atoms with Crippen LogP contribution in [0.15, 0.2) is 30.3 Å². The molecule has 14 atom stereocenters. The van der Waals surface area contributed by atoms with Crippen LogP contribution in [0.4, 0.5) is 0 Å². The third-order valence-corrected chi connectivity index (χ3v) is 9.99. The van der Waals surface area contributed by atoms with Crippen molar-refractivity contribution in [2.24, 2.45) is 11.8 Å². The third kappa shape index (κ3) is 5.86. The van der Waals surface area contributed by atoms with Gasteiger partial charge in [0.25, 0.3) is 0 Å². The molecule has 6 aliphatic heterocycles. The van der Waals surface area contributed by atoms with Crippen molar-refractivity contribution in [3.8, 4) is 28.7 Å². The molecule has 17 nitrogen and oxygen atoms in total. The van der Waals surface area contributed by atoms with E-state index in [0.717, 1.165) is 5.56 Å². The molecule has 268 valence electrons. The van der Waals surface area contributed by atoms with Gasteiger partial charge in [-0.25, -0.2) is 0 Å². The van der Waals surface area contributed by atoms with Gasteiger partial charge in [-0.1, -0.05) is 6.07 Å². The number of fused-ring (bicyclic) bond motifs is 3. The van der Waals surface area contributed by atoms with E-state index in [2.05, 4.69) is 0 Å². The van der Waals surface area contributed by atoms with Crippen molar-refractivity contribution >= 4 is 0 Å². The quantitative estimate of drug-likeness (QED) is 0.162. The Morgan fingerprint density at radius 1 is 0.612 bits per heavy atom. The predicted molar refractivity (Wildman–Crippen MR) is 157 cm³/mol. The lowest BCUT2D eigenvalue weighted by atomic mass is 9.84. The van der Waals surface area contributed by atoms with E-state index < -0.39 is 80.7 Å². The standard InChI is InChI=1S/C32H38O17/c33-6-21-23(34)25(36)27(38)31(48-21)42-9-22-24(35)26(37)28(39)32(49-22)47-17-5-20-19(45-11-46-20)4-13(17)30-15-8-40-29(14(15)7-41-30)12-1-2-16-18(3-12)44-10-43-16/h1-5,14-15,21-39H,6-11H2/t14-,15-,21-,22-,23-,24-,25+,26+,27-,28-,29+,30-,31-,32-/m1/s1. The SMILES string of the molecule is OC[C@H]1O[C@@H](OC[C@H]2O[C@@H](Oc3cc4c(cc3[C@H]3OC[C@@H]5[C@H]3CO[C@H]5c3ccc5c(c3)OCO5)OCO4)[C@H](O)[C@@H](O)[C@@H]2O)[C@H](O)[C@@H](O)[C@@H]1O. The molecule has 6 aliphatic rings. The third-order valence-electron chi connectivity index (χ3n) is 9.99. The molecule has 6 heterocycles. The Morgan fingerprint density at radius 2 is 1.20 bits per heavy atom. The summed E-state index contributed by atoms with van der Waals surface area (Å²) in [5.41, 5.74) is 1.50. The molecule has 17 heteroatoms. The summed E-state index contributed by atoms with van der Waals surface area (Å²) in [5, 5.41) is 72.3. The zero-order chi connectivity index (χ0) is 34.0. The molecule has 0 aromatic heterocycles. The lowest BCUT2D eigenvalue weighted by Crippen LogP contribution is -2.62. The molecule has 4 fully saturated rings. The van der Waals surface area contributed by atoms with Crippen LogP contribution in [0.5, 0.6) is 28.7 Å². The Bertz CT molecular complexity index is 1510. The van der Waals surface area contributed by atoms with Gasteiger partial charge in [-0.3, -0.25) is 0 Å². The summed E-state index contributed by atoms with van der Waals surface area (Å²) < 4.78 is 57.9. The van der Waals surface area contributed by atoms with E-state index in [1.807, 2.05) is 18.2 Å². The largest absolute Gasteiger partial charge is 0.461 e. The first-order valence-corrected chi connectivity index (χ1v) is 16.1. The van der Waals surface area contributed by atoms with Gasteiger partial charge >= 0.3 is 0 Å². The van der Waals surface area contributed by atoms with Crippen LogP contribution in [0.1, 0.15) is 23.3 Å². The van der Waals surface area contributed by atoms with Crippen molar-refractivity contribution in [1.82, 2.24) is 0 Å². The van der Waals surface area contributed by atoms with Gasteiger partial charge in [-0.05, 0) is 23.8 Å². The first-order chi connectivity index (χ1) is 23.7. The van der Waals surface area contributed by atoms with Crippen LogP contribution in [-0.4, -0.2) is 137 Å². The van der Waals surface area contributed by atoms with Crippen LogP contribution < -0.4 is 23.7 Å². The number of benzene rings is 2. The fraction of sp³-hybridized carbons (Fsp3) is 0.625. The second-order valence-corrected chi connectivity index (χ2v) is 12.9. The Balaban J connectivity index is 1.00. The molecule has 0 spiro atoms. The fourth-order valence-electron chi connectivity index (χ4n) is 7.24. The molecule has 49 heavy (non-hydrogen) atoms. The number of aliphatic hydroxyl groups excluding tert-OH is 7. The summed E-state index contributed by atoms with van der Waals surface area (Å²) in [5.74, 6) is 2.27. The average Bonchev–Trinajstić information content (AvgIpc) is 3.92. The highest BCUT2D eigenvalue weighted by Gasteiger charge is 2.51. The molecule has 0 bridgehead atoms. The molecule has 0 aliphatic carbocycles. The van der Waals surface area contributed by atoms with E-state index in [1.165, 1.54) is 0 Å². The first-order valence-electron chi connectivity index (χ1n) is 16.1. The van der Waals surface area contributed by atoms with E-state index in [1.54, 1.807) is 12.1 Å². The maximum absolute atomic E-state index is 10.9. The van der Waals surface area contributed by atoms with Crippen molar-refractivity contribution in [1.29, 1.82) is 0 Å². The Morgan fingerprint density at radius 3 is 1.94 bits per heavy atom. The van der Waals surface area contributed by atoms with Crippen molar-refractivity contribution in [2.75, 3.05) is 40.0 Å². The highest BCUT2D eigenvalue weighted by molar-refractivity contribution is 5.53. The Labute approximate surface area is 278 Å². The smallest absolute Gasteiger partial charge is 0.231 e. The van der Waals surface area contributed by atoms with Crippen LogP contribution >= 0.6 is 0 Å². The molecular weight excluding hydrogens is 656 g/mol. The number of ether oxygens (including phenoxy) is 10. The molecule has 4 saturated heterocycles. The van der Waals surface area contributed by atoms with Crippen LogP contribution in [0.25, 0.3) is 0 Å². The molecule has 0 radical (unpaired) electrons. The van der Waals surface area contributed by atoms with E-state index >= 15 is 0 Å². The summed E-state index contributed by atoms with van der Waals surface area (Å²) in [4.78, 5) is 0. The predicted octanol–water partition coefficient (Wildman–Crippen LogP) is -1.78. The van der Waals surface area contributed by atoms with Gasteiger partial charge in [-0.15, -0.1) is 0 Å². The minimum Gasteiger partial charge on any atom is -0.461 e. The Kier molecular flexibility index (Phi) is 8.96. The number of rotatable bonds is 8. The van der Waals surface area contributed by atoms with E-state index in [-0.39, 0.29) is 37.3 Å². The molecule has 0 unspecified atom stereocenters. The van der Waals surface area contributed by atoms with E-state index in [4.69, 9.17) is 47.4 Å². The topological polar surface area (TPSA) is 234 Å². The average molecular weight is 695 g/mol. The summed E-state index contributed by atoms with van der Waals surface area (Å²) in [7, 11) is 0. The normalized spacial score (nSPS) is 40.8. The van der Waals surface area contributed by atoms with E-state index in [0.29, 0.717) is 41.8 Å². The zero-order valence-corrected chi connectivity index (χ0v) is 25.9. The molecule has 2 aromatic rings. The molecule has 0 amide bonds. The van der Waals surface area contributed by atoms with Gasteiger partial charge < -0.3 is 83.1 Å². The van der Waals surface area contributed by atoms with Gasteiger partial charge in [0.1, 0.15) is 54.6 Å². The second kappa shape index (κ2) is 13.3. The van der Waals surface area contributed by atoms with Crippen LogP contribution in [-0.2, 0) is 23.7 Å². The lowest BCUT2D eigenvalue weighted by molar-refractivity contribution is -0.323. The van der Waals surface area contributed by atoms with Gasteiger partial charge in [0, 0.05) is 23.5 Å². The van der Waals surface area contributed by atoms with Crippen molar-refractivity contribution < 1.29 is 83.1 Å².